The van der Waals surface area contributed by atoms with Crippen molar-refractivity contribution in [2.75, 3.05) is 5.75 Å². The van der Waals surface area contributed by atoms with E-state index in [4.69, 9.17) is 0 Å². The van der Waals surface area contributed by atoms with Crippen molar-refractivity contribution in [2.45, 2.75) is 84.0 Å². The summed E-state index contributed by atoms with van der Waals surface area (Å²) in [7, 11) is 0. The van der Waals surface area contributed by atoms with Gasteiger partial charge in [-0.2, -0.15) is 0 Å². The van der Waals surface area contributed by atoms with Crippen LogP contribution in [-0.4, -0.2) is 5.75 Å². The maximum absolute atomic E-state index is 2.44. The Morgan fingerprint density at radius 2 is 1.47 bits per heavy atom. The molecule has 0 spiro atoms. The Balaban J connectivity index is 1.72. The van der Waals surface area contributed by atoms with Crippen LogP contribution in [0.15, 0.2) is 11.0 Å². The standard InChI is InChI=1S/C16H30S/c1-2-3-4-5-6-7-8-9-10-11-13-16-14-12-15-17-16/h14H,2-13,15H2,1H3. The highest BCUT2D eigenvalue weighted by Crippen LogP contribution is 2.29. The second-order valence-corrected chi connectivity index (χ2v) is 6.46. The van der Waals surface area contributed by atoms with Gasteiger partial charge in [0, 0.05) is 5.75 Å². The van der Waals surface area contributed by atoms with E-state index in [0.717, 1.165) is 0 Å². The number of allylic oxidation sites excluding steroid dienone is 2. The molecule has 1 rings (SSSR count). The van der Waals surface area contributed by atoms with E-state index in [-0.39, 0.29) is 0 Å². The molecule has 0 aromatic carbocycles. The van der Waals surface area contributed by atoms with E-state index in [1.165, 1.54) is 82.8 Å². The molecule has 0 radical (unpaired) electrons. The number of hydrogen-bond donors (Lipinski definition) is 0. The van der Waals surface area contributed by atoms with Gasteiger partial charge in [0.2, 0.25) is 0 Å². The first-order valence-corrected chi connectivity index (χ1v) is 8.74. The molecule has 0 amide bonds. The molecule has 0 nitrogen and oxygen atoms in total. The number of thioether (sulfide) groups is 1. The van der Waals surface area contributed by atoms with Gasteiger partial charge in [0.25, 0.3) is 0 Å². The third-order valence-corrected chi connectivity index (χ3v) is 4.74. The van der Waals surface area contributed by atoms with Crippen molar-refractivity contribution in [3.05, 3.63) is 11.0 Å². The van der Waals surface area contributed by atoms with Crippen LogP contribution in [0.3, 0.4) is 0 Å². The summed E-state index contributed by atoms with van der Waals surface area (Å²) in [6.45, 7) is 2.29. The van der Waals surface area contributed by atoms with Crippen molar-refractivity contribution in [1.82, 2.24) is 0 Å². The molecular formula is C16H30S. The lowest BCUT2D eigenvalue weighted by Gasteiger charge is -2.03. The van der Waals surface area contributed by atoms with Crippen LogP contribution in [0.4, 0.5) is 0 Å². The molecule has 0 bridgehead atoms. The smallest absolute Gasteiger partial charge is 0.00117 e. The van der Waals surface area contributed by atoms with Crippen LogP contribution in [0, 0.1) is 0 Å². The fourth-order valence-corrected chi connectivity index (χ4v) is 3.45. The summed E-state index contributed by atoms with van der Waals surface area (Å²) < 4.78 is 0. The Bertz CT molecular complexity index is 196. The fourth-order valence-electron chi connectivity index (χ4n) is 2.43. The van der Waals surface area contributed by atoms with Crippen LogP contribution in [0.25, 0.3) is 0 Å². The van der Waals surface area contributed by atoms with Crippen LogP contribution in [0.2, 0.25) is 0 Å². The number of rotatable bonds is 11. The van der Waals surface area contributed by atoms with Crippen LogP contribution in [-0.2, 0) is 0 Å². The van der Waals surface area contributed by atoms with Crippen LogP contribution in [0.1, 0.15) is 84.0 Å². The highest BCUT2D eigenvalue weighted by Gasteiger charge is 2.03. The van der Waals surface area contributed by atoms with Crippen LogP contribution < -0.4 is 0 Å². The third-order valence-electron chi connectivity index (χ3n) is 3.55. The summed E-state index contributed by atoms with van der Waals surface area (Å²) in [5.74, 6) is 1.34. The zero-order chi connectivity index (χ0) is 12.2. The molecule has 0 saturated heterocycles. The van der Waals surface area contributed by atoms with E-state index in [2.05, 4.69) is 24.8 Å². The Labute approximate surface area is 113 Å². The molecule has 17 heavy (non-hydrogen) atoms. The topological polar surface area (TPSA) is 0 Å². The molecule has 0 aromatic rings. The molecule has 1 heteroatoms. The van der Waals surface area contributed by atoms with Gasteiger partial charge in [0.05, 0.1) is 0 Å². The molecule has 0 aromatic heterocycles. The fraction of sp³-hybridized carbons (Fsp3) is 0.875. The zero-order valence-electron chi connectivity index (χ0n) is 11.7. The van der Waals surface area contributed by atoms with E-state index < -0.39 is 0 Å². The molecule has 0 N–H and O–H groups in total. The zero-order valence-corrected chi connectivity index (χ0v) is 12.5. The van der Waals surface area contributed by atoms with E-state index in [1.807, 2.05) is 0 Å². The van der Waals surface area contributed by atoms with E-state index >= 15 is 0 Å². The molecule has 0 aliphatic carbocycles. The molecular weight excluding hydrogens is 224 g/mol. The minimum atomic E-state index is 1.32. The molecule has 1 heterocycles. The van der Waals surface area contributed by atoms with Crippen molar-refractivity contribution in [3.8, 4) is 0 Å². The molecule has 0 saturated carbocycles. The third kappa shape index (κ3) is 8.77. The van der Waals surface area contributed by atoms with Gasteiger partial charge >= 0.3 is 0 Å². The average Bonchev–Trinajstić information content (AvgIpc) is 2.85. The Morgan fingerprint density at radius 3 is 2.00 bits per heavy atom. The Hall–Kier alpha value is 0.0900. The van der Waals surface area contributed by atoms with Crippen LogP contribution in [0.5, 0.6) is 0 Å². The summed E-state index contributed by atoms with van der Waals surface area (Å²) in [5, 5.41) is 0. The lowest BCUT2D eigenvalue weighted by molar-refractivity contribution is 0.557. The van der Waals surface area contributed by atoms with E-state index in [0.29, 0.717) is 0 Å². The average molecular weight is 254 g/mol. The minimum Gasteiger partial charge on any atom is -0.131 e. The number of hydrogen-bond acceptors (Lipinski definition) is 1. The maximum Gasteiger partial charge on any atom is 0.00117 e. The van der Waals surface area contributed by atoms with Gasteiger partial charge < -0.3 is 0 Å². The highest BCUT2D eigenvalue weighted by atomic mass is 32.2. The molecule has 0 unspecified atom stereocenters. The lowest BCUT2D eigenvalue weighted by Crippen LogP contribution is -1.82. The summed E-state index contributed by atoms with van der Waals surface area (Å²) in [6, 6.07) is 0. The highest BCUT2D eigenvalue weighted by molar-refractivity contribution is 8.03. The Morgan fingerprint density at radius 1 is 0.882 bits per heavy atom. The van der Waals surface area contributed by atoms with Gasteiger partial charge in [0.1, 0.15) is 0 Å². The largest absolute Gasteiger partial charge is 0.131 e. The monoisotopic (exact) mass is 254 g/mol. The molecule has 0 atom stereocenters. The van der Waals surface area contributed by atoms with Gasteiger partial charge in [-0.25, -0.2) is 0 Å². The van der Waals surface area contributed by atoms with Gasteiger partial charge in [-0.05, 0) is 24.2 Å². The van der Waals surface area contributed by atoms with Crippen molar-refractivity contribution < 1.29 is 0 Å². The molecule has 1 aliphatic rings. The minimum absolute atomic E-state index is 1.32. The van der Waals surface area contributed by atoms with E-state index in [9.17, 15) is 0 Å². The number of unbranched alkanes of at least 4 members (excludes halogenated alkanes) is 9. The summed E-state index contributed by atoms with van der Waals surface area (Å²) in [4.78, 5) is 1.67. The van der Waals surface area contributed by atoms with E-state index in [1.54, 1.807) is 4.91 Å². The predicted octanol–water partition coefficient (Wildman–Crippen LogP) is 6.32. The first kappa shape index (κ1) is 15.1. The van der Waals surface area contributed by atoms with Crippen molar-refractivity contribution in [3.63, 3.8) is 0 Å². The van der Waals surface area contributed by atoms with Crippen molar-refractivity contribution >= 4 is 11.8 Å². The summed E-state index contributed by atoms with van der Waals surface area (Å²) in [5.41, 5.74) is 0. The lowest BCUT2D eigenvalue weighted by atomic mass is 10.1. The first-order chi connectivity index (χ1) is 8.43. The van der Waals surface area contributed by atoms with Gasteiger partial charge in [-0.1, -0.05) is 70.8 Å². The quantitative estimate of drug-likeness (QED) is 0.389. The van der Waals surface area contributed by atoms with Crippen molar-refractivity contribution in [2.24, 2.45) is 0 Å². The van der Waals surface area contributed by atoms with Gasteiger partial charge in [-0.3, -0.25) is 0 Å². The Kier molecular flexibility index (Phi) is 9.98. The molecule has 100 valence electrons. The van der Waals surface area contributed by atoms with Crippen LogP contribution >= 0.6 is 11.8 Å². The second-order valence-electron chi connectivity index (χ2n) is 5.24. The predicted molar refractivity (Wildman–Crippen MR) is 81.6 cm³/mol. The summed E-state index contributed by atoms with van der Waals surface area (Å²) in [6.07, 6.45) is 19.6. The second kappa shape index (κ2) is 11.2. The van der Waals surface area contributed by atoms with Gasteiger partial charge in [0.15, 0.2) is 0 Å². The SMILES string of the molecule is CCCCCCCCCCCCC1=CCCS1. The normalized spacial score (nSPS) is 15.2. The first-order valence-electron chi connectivity index (χ1n) is 7.75. The van der Waals surface area contributed by atoms with Gasteiger partial charge in [-0.15, -0.1) is 11.8 Å². The summed E-state index contributed by atoms with van der Waals surface area (Å²) >= 11 is 2.08. The molecule has 0 fully saturated rings. The maximum atomic E-state index is 2.44. The van der Waals surface area contributed by atoms with Crippen molar-refractivity contribution in [1.29, 1.82) is 0 Å². The molecule has 1 aliphatic heterocycles.